The molecule has 0 spiro atoms. The number of thiophene rings is 1. The lowest BCUT2D eigenvalue weighted by molar-refractivity contribution is 0.198. The molecule has 21 heavy (non-hydrogen) atoms. The number of amides is 4. The molecule has 3 rings (SSSR count). The number of nitrogens with zero attached hydrogens (tertiary/aromatic N) is 2. The van der Waals surface area contributed by atoms with Crippen LogP contribution in [0.25, 0.3) is 10.6 Å². The minimum atomic E-state index is -0.383. The van der Waals surface area contributed by atoms with E-state index in [1.165, 1.54) is 4.90 Å². The SMILES string of the molecule is O=C1NCCN1C(=O)NCc1cccnc1-c1cccs1. The van der Waals surface area contributed by atoms with Crippen LogP contribution < -0.4 is 10.6 Å². The number of nitrogens with one attached hydrogen (secondary N) is 2. The smallest absolute Gasteiger partial charge is 0.325 e. The van der Waals surface area contributed by atoms with E-state index in [1.54, 1.807) is 17.5 Å². The van der Waals surface area contributed by atoms with E-state index in [0.717, 1.165) is 16.1 Å². The number of pyridine rings is 1. The topological polar surface area (TPSA) is 74.3 Å². The molecule has 0 aliphatic carbocycles. The highest BCUT2D eigenvalue weighted by molar-refractivity contribution is 7.13. The first-order valence-corrected chi connectivity index (χ1v) is 7.44. The third-order valence-corrected chi connectivity index (χ3v) is 4.05. The summed E-state index contributed by atoms with van der Waals surface area (Å²) in [6.45, 7) is 1.23. The molecule has 6 nitrogen and oxygen atoms in total. The monoisotopic (exact) mass is 302 g/mol. The predicted molar refractivity (Wildman–Crippen MR) is 79.9 cm³/mol. The fourth-order valence-corrected chi connectivity index (χ4v) is 2.90. The maximum atomic E-state index is 12.0. The Morgan fingerprint density at radius 2 is 2.33 bits per heavy atom. The fraction of sp³-hybridized carbons (Fsp3) is 0.214. The van der Waals surface area contributed by atoms with E-state index in [9.17, 15) is 9.59 Å². The Hall–Kier alpha value is -2.41. The van der Waals surface area contributed by atoms with Gasteiger partial charge in [0.05, 0.1) is 10.6 Å². The Morgan fingerprint density at radius 3 is 3.05 bits per heavy atom. The molecule has 0 atom stereocenters. The molecule has 0 unspecified atom stereocenters. The Balaban J connectivity index is 1.71. The number of carbonyl (C=O) groups excluding carboxylic acids is 2. The van der Waals surface area contributed by atoms with Gasteiger partial charge in [-0.1, -0.05) is 12.1 Å². The van der Waals surface area contributed by atoms with Crippen molar-refractivity contribution in [3.05, 3.63) is 41.4 Å². The number of rotatable bonds is 3. The molecule has 1 saturated heterocycles. The highest BCUT2D eigenvalue weighted by Crippen LogP contribution is 2.25. The van der Waals surface area contributed by atoms with Crippen molar-refractivity contribution in [1.82, 2.24) is 20.5 Å². The van der Waals surface area contributed by atoms with Crippen molar-refractivity contribution < 1.29 is 9.59 Å². The highest BCUT2D eigenvalue weighted by Gasteiger charge is 2.25. The molecule has 7 heteroatoms. The summed E-state index contributed by atoms with van der Waals surface area (Å²) in [5, 5.41) is 7.35. The van der Waals surface area contributed by atoms with Crippen LogP contribution in [-0.4, -0.2) is 35.0 Å². The van der Waals surface area contributed by atoms with E-state index in [1.807, 2.05) is 29.6 Å². The zero-order valence-electron chi connectivity index (χ0n) is 11.2. The van der Waals surface area contributed by atoms with Gasteiger partial charge in [0.15, 0.2) is 0 Å². The Kier molecular flexibility index (Phi) is 3.83. The molecule has 0 bridgehead atoms. The van der Waals surface area contributed by atoms with Crippen molar-refractivity contribution in [1.29, 1.82) is 0 Å². The van der Waals surface area contributed by atoms with Gasteiger partial charge in [0, 0.05) is 25.8 Å². The molecular weight excluding hydrogens is 288 g/mol. The number of hydrogen-bond acceptors (Lipinski definition) is 4. The first kappa shape index (κ1) is 13.6. The fourth-order valence-electron chi connectivity index (χ4n) is 2.15. The van der Waals surface area contributed by atoms with Crippen molar-refractivity contribution in [2.75, 3.05) is 13.1 Å². The Bertz CT molecular complexity index is 657. The molecule has 2 aromatic heterocycles. The minimum absolute atomic E-state index is 0.337. The molecule has 2 aromatic rings. The minimum Gasteiger partial charge on any atom is -0.336 e. The van der Waals surface area contributed by atoms with Crippen LogP contribution in [0.5, 0.6) is 0 Å². The maximum Gasteiger partial charge on any atom is 0.325 e. The molecule has 1 fully saturated rings. The molecular formula is C14H14N4O2S. The Morgan fingerprint density at radius 1 is 1.43 bits per heavy atom. The van der Waals surface area contributed by atoms with E-state index in [2.05, 4.69) is 15.6 Å². The van der Waals surface area contributed by atoms with Crippen LogP contribution in [0.2, 0.25) is 0 Å². The van der Waals surface area contributed by atoms with Crippen LogP contribution >= 0.6 is 11.3 Å². The summed E-state index contributed by atoms with van der Waals surface area (Å²) >= 11 is 1.60. The Labute approximate surface area is 125 Å². The summed E-state index contributed by atoms with van der Waals surface area (Å²) in [4.78, 5) is 30.0. The maximum absolute atomic E-state index is 12.0. The second-order valence-electron chi connectivity index (χ2n) is 4.53. The van der Waals surface area contributed by atoms with Crippen LogP contribution in [0.15, 0.2) is 35.8 Å². The zero-order valence-corrected chi connectivity index (χ0v) is 12.0. The van der Waals surface area contributed by atoms with Crippen LogP contribution in [-0.2, 0) is 6.54 Å². The first-order valence-electron chi connectivity index (χ1n) is 6.56. The second kappa shape index (κ2) is 5.92. The van der Waals surface area contributed by atoms with E-state index >= 15 is 0 Å². The summed E-state index contributed by atoms with van der Waals surface area (Å²) in [6.07, 6.45) is 1.73. The largest absolute Gasteiger partial charge is 0.336 e. The summed E-state index contributed by atoms with van der Waals surface area (Å²) in [5.41, 5.74) is 1.78. The zero-order chi connectivity index (χ0) is 14.7. The number of aromatic nitrogens is 1. The van der Waals surface area contributed by atoms with E-state index in [-0.39, 0.29) is 12.1 Å². The van der Waals surface area contributed by atoms with Gasteiger partial charge in [0.1, 0.15) is 0 Å². The van der Waals surface area contributed by atoms with Crippen LogP contribution in [0.3, 0.4) is 0 Å². The summed E-state index contributed by atoms with van der Waals surface area (Å²) in [5.74, 6) is 0. The van der Waals surface area contributed by atoms with E-state index in [4.69, 9.17) is 0 Å². The van der Waals surface area contributed by atoms with Gasteiger partial charge in [0.2, 0.25) is 0 Å². The van der Waals surface area contributed by atoms with Gasteiger partial charge in [-0.25, -0.2) is 14.5 Å². The second-order valence-corrected chi connectivity index (χ2v) is 5.48. The number of carbonyl (C=O) groups is 2. The molecule has 1 aliphatic rings. The van der Waals surface area contributed by atoms with Gasteiger partial charge >= 0.3 is 12.1 Å². The van der Waals surface area contributed by atoms with Gasteiger partial charge < -0.3 is 10.6 Å². The van der Waals surface area contributed by atoms with E-state index < -0.39 is 0 Å². The molecule has 4 amide bonds. The van der Waals surface area contributed by atoms with Gasteiger partial charge in [-0.05, 0) is 23.1 Å². The summed E-state index contributed by atoms with van der Waals surface area (Å²) in [7, 11) is 0. The van der Waals surface area contributed by atoms with Crippen molar-refractivity contribution >= 4 is 23.4 Å². The molecule has 108 valence electrons. The van der Waals surface area contributed by atoms with Gasteiger partial charge in [-0.2, -0.15) is 0 Å². The summed E-state index contributed by atoms with van der Waals surface area (Å²) in [6, 6.07) is 6.98. The normalized spacial score (nSPS) is 14.1. The average molecular weight is 302 g/mol. The standard InChI is InChI=1S/C14H14N4O2S/c19-13-16-6-7-18(13)14(20)17-9-10-3-1-5-15-12(10)11-4-2-8-21-11/h1-5,8H,6-7,9H2,(H,16,19)(H,17,20). The van der Waals surface area contributed by atoms with Crippen molar-refractivity contribution in [2.45, 2.75) is 6.54 Å². The van der Waals surface area contributed by atoms with E-state index in [0.29, 0.717) is 19.6 Å². The third-order valence-electron chi connectivity index (χ3n) is 3.18. The van der Waals surface area contributed by atoms with Gasteiger partial charge in [-0.15, -0.1) is 11.3 Å². The molecule has 0 saturated carbocycles. The van der Waals surface area contributed by atoms with Crippen LogP contribution in [0, 0.1) is 0 Å². The van der Waals surface area contributed by atoms with Crippen LogP contribution in [0.4, 0.5) is 9.59 Å². The quantitative estimate of drug-likeness (QED) is 0.911. The first-order chi connectivity index (χ1) is 10.3. The van der Waals surface area contributed by atoms with Crippen molar-refractivity contribution in [2.24, 2.45) is 0 Å². The molecule has 0 aromatic carbocycles. The van der Waals surface area contributed by atoms with Crippen LogP contribution in [0.1, 0.15) is 5.56 Å². The predicted octanol–water partition coefficient (Wildman–Crippen LogP) is 2.04. The lowest BCUT2D eigenvalue weighted by Crippen LogP contribution is -2.41. The van der Waals surface area contributed by atoms with Crippen molar-refractivity contribution in [3.63, 3.8) is 0 Å². The van der Waals surface area contributed by atoms with Crippen molar-refractivity contribution in [3.8, 4) is 10.6 Å². The number of hydrogen-bond donors (Lipinski definition) is 2. The summed E-state index contributed by atoms with van der Waals surface area (Å²) < 4.78 is 0. The highest BCUT2D eigenvalue weighted by atomic mass is 32.1. The lowest BCUT2D eigenvalue weighted by atomic mass is 10.1. The van der Waals surface area contributed by atoms with Gasteiger partial charge in [-0.3, -0.25) is 4.98 Å². The number of urea groups is 2. The average Bonchev–Trinajstić information content (AvgIpc) is 3.16. The lowest BCUT2D eigenvalue weighted by Gasteiger charge is -2.14. The molecule has 0 radical (unpaired) electrons. The van der Waals surface area contributed by atoms with Gasteiger partial charge in [0.25, 0.3) is 0 Å². The third kappa shape index (κ3) is 2.87. The molecule has 2 N–H and O–H groups in total. The molecule has 1 aliphatic heterocycles. The molecule has 3 heterocycles. The number of imide groups is 1.